The molecule has 0 atom stereocenters. The summed E-state index contributed by atoms with van der Waals surface area (Å²) in [7, 11) is 0. The molecule has 128 valence electrons. The van der Waals surface area contributed by atoms with Gasteiger partial charge in [0.1, 0.15) is 5.71 Å². The van der Waals surface area contributed by atoms with Gasteiger partial charge in [-0.3, -0.25) is 5.43 Å². The summed E-state index contributed by atoms with van der Waals surface area (Å²) in [5.74, 6) is 0.663. The van der Waals surface area contributed by atoms with Crippen molar-refractivity contribution in [2.75, 3.05) is 5.73 Å². The first-order valence-corrected chi connectivity index (χ1v) is 9.11. The maximum Gasteiger partial charge on any atom is 0.154 e. The molecule has 0 amide bonds. The minimum Gasteiger partial charge on any atom is -0.399 e. The predicted molar refractivity (Wildman–Crippen MR) is 111 cm³/mol. The monoisotopic (exact) mass is 424 g/mol. The number of nitrogens with zero attached hydrogens (tertiary/aromatic N) is 2. The first-order chi connectivity index (χ1) is 12.6. The van der Waals surface area contributed by atoms with Gasteiger partial charge in [0.2, 0.25) is 0 Å². The van der Waals surface area contributed by atoms with Crippen molar-refractivity contribution in [2.24, 2.45) is 10.1 Å². The Kier molecular flexibility index (Phi) is 4.49. The van der Waals surface area contributed by atoms with Gasteiger partial charge in [-0.2, -0.15) is 5.10 Å². The van der Waals surface area contributed by atoms with Crippen molar-refractivity contribution >= 4 is 50.5 Å². The second-order valence-electron chi connectivity index (χ2n) is 5.82. The quantitative estimate of drug-likeness (QED) is 0.560. The molecule has 3 aromatic carbocycles. The van der Waals surface area contributed by atoms with Gasteiger partial charge < -0.3 is 5.73 Å². The molecule has 6 heteroatoms. The summed E-state index contributed by atoms with van der Waals surface area (Å²) in [6.45, 7) is 0. The number of amidine groups is 1. The molecule has 1 aliphatic heterocycles. The first-order valence-electron chi connectivity index (χ1n) is 7.94. The lowest BCUT2D eigenvalue weighted by atomic mass is 10.0. The van der Waals surface area contributed by atoms with Gasteiger partial charge in [-0.1, -0.05) is 39.7 Å². The number of nitrogens with two attached hydrogens (primary N) is 1. The summed E-state index contributed by atoms with van der Waals surface area (Å²) >= 11 is 9.53. The Morgan fingerprint density at radius 3 is 2.31 bits per heavy atom. The molecule has 1 heterocycles. The van der Waals surface area contributed by atoms with E-state index in [1.165, 1.54) is 0 Å². The number of nitrogen functional groups attached to an aromatic ring is 1. The fraction of sp³-hybridized carbons (Fsp3) is 0. The molecule has 0 fully saturated rings. The van der Waals surface area contributed by atoms with Crippen LogP contribution in [0.2, 0.25) is 5.02 Å². The number of hydrazone groups is 1. The van der Waals surface area contributed by atoms with Gasteiger partial charge in [0.05, 0.1) is 5.69 Å². The van der Waals surface area contributed by atoms with E-state index in [-0.39, 0.29) is 0 Å². The van der Waals surface area contributed by atoms with E-state index in [0.717, 1.165) is 32.6 Å². The van der Waals surface area contributed by atoms with Crippen LogP contribution in [0.5, 0.6) is 0 Å². The van der Waals surface area contributed by atoms with Gasteiger partial charge in [0.15, 0.2) is 5.84 Å². The Morgan fingerprint density at radius 2 is 1.58 bits per heavy atom. The Bertz CT molecular complexity index is 1020. The lowest BCUT2D eigenvalue weighted by Crippen LogP contribution is -2.19. The summed E-state index contributed by atoms with van der Waals surface area (Å²) in [4.78, 5) is 4.78. The Hall–Kier alpha value is -2.63. The molecule has 0 aromatic heterocycles. The summed E-state index contributed by atoms with van der Waals surface area (Å²) in [5.41, 5.74) is 14.1. The van der Waals surface area contributed by atoms with Crippen LogP contribution in [0.4, 0.5) is 11.4 Å². The van der Waals surface area contributed by atoms with Crippen LogP contribution in [0, 0.1) is 0 Å². The number of halogens is 2. The fourth-order valence-electron chi connectivity index (χ4n) is 2.71. The predicted octanol–water partition coefficient (Wildman–Crippen LogP) is 5.12. The van der Waals surface area contributed by atoms with E-state index >= 15 is 0 Å². The number of aliphatic imine (C=N–C) groups is 1. The van der Waals surface area contributed by atoms with E-state index in [1.54, 1.807) is 0 Å². The molecular formula is C20H14BrClN4. The highest BCUT2D eigenvalue weighted by Crippen LogP contribution is 2.29. The SMILES string of the molecule is Nc1ccc(C2=NNC(c3ccc(Cl)cc3)=Nc3ccc(Br)cc32)cc1. The molecule has 3 N–H and O–H groups in total. The van der Waals surface area contributed by atoms with E-state index in [1.807, 2.05) is 66.7 Å². The molecule has 0 radical (unpaired) electrons. The van der Waals surface area contributed by atoms with Gasteiger partial charge in [-0.15, -0.1) is 0 Å². The third-order valence-corrected chi connectivity index (χ3v) is 4.77. The van der Waals surface area contributed by atoms with E-state index in [2.05, 4.69) is 26.5 Å². The molecule has 4 rings (SSSR count). The van der Waals surface area contributed by atoms with Crippen molar-refractivity contribution in [2.45, 2.75) is 0 Å². The van der Waals surface area contributed by atoms with Gasteiger partial charge in [0.25, 0.3) is 0 Å². The summed E-state index contributed by atoms with van der Waals surface area (Å²) in [6, 6.07) is 21.1. The molecule has 26 heavy (non-hydrogen) atoms. The zero-order chi connectivity index (χ0) is 18.1. The van der Waals surface area contributed by atoms with Crippen LogP contribution >= 0.6 is 27.5 Å². The maximum absolute atomic E-state index is 5.99. The first kappa shape index (κ1) is 16.8. The van der Waals surface area contributed by atoms with Crippen molar-refractivity contribution in [3.8, 4) is 0 Å². The fourth-order valence-corrected chi connectivity index (χ4v) is 3.19. The van der Waals surface area contributed by atoms with Gasteiger partial charge in [-0.25, -0.2) is 4.99 Å². The van der Waals surface area contributed by atoms with Crippen molar-refractivity contribution < 1.29 is 0 Å². The summed E-state index contributed by atoms with van der Waals surface area (Å²) in [5, 5.41) is 5.31. The lowest BCUT2D eigenvalue weighted by molar-refractivity contribution is 1.03. The standard InChI is InChI=1S/C20H14BrClN4/c21-14-5-10-18-17(11-14)19(12-3-8-16(23)9-4-12)25-26-20(24-18)13-1-6-15(22)7-2-13/h1-11H,23H2,(H,24,26). The second kappa shape index (κ2) is 6.94. The van der Waals surface area contributed by atoms with Crippen molar-refractivity contribution in [1.82, 2.24) is 5.43 Å². The molecule has 4 nitrogen and oxygen atoms in total. The molecule has 0 aliphatic carbocycles. The summed E-state index contributed by atoms with van der Waals surface area (Å²) in [6.07, 6.45) is 0. The Balaban J connectivity index is 1.85. The van der Waals surface area contributed by atoms with Gasteiger partial charge >= 0.3 is 0 Å². The topological polar surface area (TPSA) is 62.8 Å². The molecule has 0 unspecified atom stereocenters. The van der Waals surface area contributed by atoms with Crippen LogP contribution in [-0.4, -0.2) is 11.5 Å². The number of benzene rings is 3. The van der Waals surface area contributed by atoms with Crippen LogP contribution in [0.1, 0.15) is 16.7 Å². The molecule has 0 saturated carbocycles. The van der Waals surface area contributed by atoms with Gasteiger partial charge in [0, 0.05) is 31.9 Å². The van der Waals surface area contributed by atoms with Crippen molar-refractivity contribution in [3.05, 3.63) is 92.9 Å². The van der Waals surface area contributed by atoms with Crippen LogP contribution < -0.4 is 11.2 Å². The minimum atomic E-state index is 0.663. The highest BCUT2D eigenvalue weighted by Gasteiger charge is 2.17. The van der Waals surface area contributed by atoms with E-state index in [4.69, 9.17) is 22.3 Å². The van der Waals surface area contributed by atoms with Crippen LogP contribution in [-0.2, 0) is 0 Å². The van der Waals surface area contributed by atoms with E-state index < -0.39 is 0 Å². The zero-order valence-electron chi connectivity index (χ0n) is 13.6. The third kappa shape index (κ3) is 3.36. The maximum atomic E-state index is 5.99. The Morgan fingerprint density at radius 1 is 0.885 bits per heavy atom. The number of rotatable bonds is 2. The molecule has 0 spiro atoms. The average molecular weight is 426 g/mol. The van der Waals surface area contributed by atoms with Crippen molar-refractivity contribution in [1.29, 1.82) is 0 Å². The van der Waals surface area contributed by atoms with Crippen LogP contribution in [0.25, 0.3) is 0 Å². The number of nitrogens with one attached hydrogen (secondary N) is 1. The van der Waals surface area contributed by atoms with E-state index in [9.17, 15) is 0 Å². The van der Waals surface area contributed by atoms with Crippen LogP contribution in [0.15, 0.2) is 81.3 Å². The third-order valence-electron chi connectivity index (χ3n) is 4.02. The summed E-state index contributed by atoms with van der Waals surface area (Å²) < 4.78 is 0.963. The molecule has 1 aliphatic rings. The molecule has 0 saturated heterocycles. The average Bonchev–Trinajstić information content (AvgIpc) is 2.83. The highest BCUT2D eigenvalue weighted by atomic mass is 79.9. The van der Waals surface area contributed by atoms with Gasteiger partial charge in [-0.05, 0) is 54.6 Å². The molecule has 0 bridgehead atoms. The highest BCUT2D eigenvalue weighted by molar-refractivity contribution is 9.10. The largest absolute Gasteiger partial charge is 0.399 e. The molecular weight excluding hydrogens is 412 g/mol. The normalized spacial score (nSPS) is 13.2. The number of anilines is 1. The number of hydrogen-bond donors (Lipinski definition) is 2. The van der Waals surface area contributed by atoms with E-state index in [0.29, 0.717) is 16.5 Å². The van der Waals surface area contributed by atoms with Crippen LogP contribution in [0.3, 0.4) is 0 Å². The molecule has 3 aromatic rings. The Labute approximate surface area is 164 Å². The second-order valence-corrected chi connectivity index (χ2v) is 7.18. The number of hydrogen-bond acceptors (Lipinski definition) is 4. The lowest BCUT2D eigenvalue weighted by Gasteiger charge is -2.08. The van der Waals surface area contributed by atoms with Crippen molar-refractivity contribution in [3.63, 3.8) is 0 Å². The zero-order valence-corrected chi connectivity index (χ0v) is 15.9. The smallest absolute Gasteiger partial charge is 0.154 e. The minimum absolute atomic E-state index is 0.663. The number of fused-ring (bicyclic) bond motifs is 1.